The van der Waals surface area contributed by atoms with Crippen molar-refractivity contribution in [3.8, 4) is 0 Å². The summed E-state index contributed by atoms with van der Waals surface area (Å²) in [5.74, 6) is -4.54. The third-order valence-corrected chi connectivity index (χ3v) is 2.17. The van der Waals surface area contributed by atoms with Gasteiger partial charge in [-0.25, -0.2) is 4.79 Å². The summed E-state index contributed by atoms with van der Waals surface area (Å²) < 4.78 is 4.43. The van der Waals surface area contributed by atoms with Gasteiger partial charge in [-0.05, 0) is 0 Å². The lowest BCUT2D eigenvalue weighted by Gasteiger charge is -2.20. The summed E-state index contributed by atoms with van der Waals surface area (Å²) in [5, 5.41) is 18.2. The molecule has 1 aromatic carbocycles. The molecule has 0 aliphatic rings. The van der Waals surface area contributed by atoms with Gasteiger partial charge in [0, 0.05) is 12.7 Å². The molecule has 1 unspecified atom stereocenters. The molecule has 1 atom stereocenters. The van der Waals surface area contributed by atoms with E-state index < -0.39 is 24.0 Å². The highest BCUT2D eigenvalue weighted by Crippen LogP contribution is 2.15. The molecule has 0 saturated heterocycles. The van der Waals surface area contributed by atoms with Crippen LogP contribution in [-0.2, 0) is 9.53 Å². The second-order valence-electron chi connectivity index (χ2n) is 3.26. The molecule has 0 saturated carbocycles. The zero-order valence-corrected chi connectivity index (χ0v) is 8.71. The highest BCUT2D eigenvalue weighted by molar-refractivity contribution is 5.99. The van der Waals surface area contributed by atoms with Crippen molar-refractivity contribution < 1.29 is 24.5 Å². The van der Waals surface area contributed by atoms with Crippen LogP contribution in [0.5, 0.6) is 0 Å². The van der Waals surface area contributed by atoms with Crippen LogP contribution in [0.4, 0.5) is 0 Å². The number of Topliss-reactive ketones (excluding diaryl/α,β-unsaturated/α-hetero) is 1. The first-order valence-corrected chi connectivity index (χ1v) is 4.59. The van der Waals surface area contributed by atoms with Gasteiger partial charge in [0.25, 0.3) is 5.79 Å². The average Bonchev–Trinajstić information content (AvgIpc) is 2.29. The van der Waals surface area contributed by atoms with Crippen molar-refractivity contribution in [3.63, 3.8) is 0 Å². The van der Waals surface area contributed by atoms with Crippen molar-refractivity contribution in [2.75, 3.05) is 7.11 Å². The fourth-order valence-corrected chi connectivity index (χ4v) is 1.18. The minimum absolute atomic E-state index is 0.333. The predicted octanol–water partition coefficient (Wildman–Crippen LogP) is 0.679. The SMILES string of the molecule is COC(O)(CC(=O)c1ccccc1)C(=O)O. The van der Waals surface area contributed by atoms with Gasteiger partial charge in [0.15, 0.2) is 5.78 Å². The van der Waals surface area contributed by atoms with Gasteiger partial charge in [-0.15, -0.1) is 0 Å². The summed E-state index contributed by atoms with van der Waals surface area (Å²) in [7, 11) is 1.03. The lowest BCUT2D eigenvalue weighted by atomic mass is 10.0. The molecule has 5 heteroatoms. The number of rotatable bonds is 5. The van der Waals surface area contributed by atoms with Crippen molar-refractivity contribution in [2.45, 2.75) is 12.2 Å². The van der Waals surface area contributed by atoms with E-state index in [1.165, 1.54) is 0 Å². The number of ketones is 1. The smallest absolute Gasteiger partial charge is 0.364 e. The number of hydrogen-bond donors (Lipinski definition) is 2. The number of aliphatic carboxylic acids is 1. The number of benzene rings is 1. The van der Waals surface area contributed by atoms with Crippen molar-refractivity contribution in [3.05, 3.63) is 35.9 Å². The van der Waals surface area contributed by atoms with Crippen molar-refractivity contribution >= 4 is 11.8 Å². The largest absolute Gasteiger partial charge is 0.477 e. The van der Waals surface area contributed by atoms with Crippen LogP contribution >= 0.6 is 0 Å². The molecule has 16 heavy (non-hydrogen) atoms. The summed E-state index contributed by atoms with van der Waals surface area (Å²) in [6.45, 7) is 0. The Balaban J connectivity index is 2.82. The van der Waals surface area contributed by atoms with Crippen LogP contribution in [0.15, 0.2) is 30.3 Å². The van der Waals surface area contributed by atoms with E-state index in [0.29, 0.717) is 5.56 Å². The fraction of sp³-hybridized carbons (Fsp3) is 0.273. The minimum atomic E-state index is -2.47. The van der Waals surface area contributed by atoms with Gasteiger partial charge < -0.3 is 14.9 Å². The van der Waals surface area contributed by atoms with E-state index >= 15 is 0 Å². The Morgan fingerprint density at radius 1 is 1.31 bits per heavy atom. The molecule has 2 N–H and O–H groups in total. The van der Waals surface area contributed by atoms with Crippen molar-refractivity contribution in [1.82, 2.24) is 0 Å². The number of methoxy groups -OCH3 is 1. The molecule has 0 aromatic heterocycles. The average molecular weight is 224 g/mol. The topological polar surface area (TPSA) is 83.8 Å². The zero-order valence-electron chi connectivity index (χ0n) is 8.71. The van der Waals surface area contributed by atoms with E-state index in [-0.39, 0.29) is 0 Å². The summed E-state index contributed by atoms with van der Waals surface area (Å²) in [6.07, 6.45) is -0.622. The van der Waals surface area contributed by atoms with E-state index in [4.69, 9.17) is 5.11 Å². The molecule has 0 radical (unpaired) electrons. The van der Waals surface area contributed by atoms with Crippen molar-refractivity contribution in [2.24, 2.45) is 0 Å². The van der Waals surface area contributed by atoms with Crippen LogP contribution in [0, 0.1) is 0 Å². The van der Waals surface area contributed by atoms with Gasteiger partial charge >= 0.3 is 5.97 Å². The van der Waals surface area contributed by atoms with Gasteiger partial charge in [0.05, 0.1) is 6.42 Å². The predicted molar refractivity (Wildman–Crippen MR) is 55.0 cm³/mol. The Morgan fingerprint density at radius 2 is 1.88 bits per heavy atom. The van der Waals surface area contributed by atoms with Gasteiger partial charge in [0.1, 0.15) is 0 Å². The highest BCUT2D eigenvalue weighted by atomic mass is 16.6. The molecule has 0 fully saturated rings. The normalized spacial score (nSPS) is 14.1. The first-order valence-electron chi connectivity index (χ1n) is 4.59. The van der Waals surface area contributed by atoms with E-state index in [2.05, 4.69) is 4.74 Å². The molecule has 0 bridgehead atoms. The van der Waals surface area contributed by atoms with E-state index in [9.17, 15) is 14.7 Å². The monoisotopic (exact) mass is 224 g/mol. The molecule has 1 aromatic rings. The number of carbonyl (C=O) groups excluding carboxylic acids is 1. The maximum atomic E-state index is 11.6. The quantitative estimate of drug-likeness (QED) is 0.567. The molecule has 0 aliphatic carbocycles. The van der Waals surface area contributed by atoms with Gasteiger partial charge in [0.2, 0.25) is 0 Å². The molecule has 86 valence electrons. The molecular weight excluding hydrogens is 212 g/mol. The third-order valence-electron chi connectivity index (χ3n) is 2.17. The van der Waals surface area contributed by atoms with Crippen LogP contribution in [0.2, 0.25) is 0 Å². The second-order valence-corrected chi connectivity index (χ2v) is 3.26. The summed E-state index contributed by atoms with van der Waals surface area (Å²) in [6, 6.07) is 8.12. The summed E-state index contributed by atoms with van der Waals surface area (Å²) >= 11 is 0. The maximum absolute atomic E-state index is 11.6. The zero-order chi connectivity index (χ0) is 12.2. The van der Waals surface area contributed by atoms with E-state index in [1.807, 2.05) is 0 Å². The van der Waals surface area contributed by atoms with E-state index in [1.54, 1.807) is 30.3 Å². The van der Waals surface area contributed by atoms with Crippen molar-refractivity contribution in [1.29, 1.82) is 0 Å². The Hall–Kier alpha value is -1.72. The summed E-state index contributed by atoms with van der Waals surface area (Å²) in [4.78, 5) is 22.3. The first kappa shape index (κ1) is 12.4. The molecule has 5 nitrogen and oxygen atoms in total. The van der Waals surface area contributed by atoms with Gasteiger partial charge in [-0.2, -0.15) is 0 Å². The molecule has 0 amide bonds. The van der Waals surface area contributed by atoms with E-state index in [0.717, 1.165) is 7.11 Å². The Kier molecular flexibility index (Phi) is 3.76. The summed E-state index contributed by atoms with van der Waals surface area (Å²) in [5.41, 5.74) is 0.333. The third kappa shape index (κ3) is 2.65. The number of ether oxygens (including phenoxy) is 1. The van der Waals surface area contributed by atoms with Gasteiger partial charge in [-0.1, -0.05) is 30.3 Å². The molecule has 0 spiro atoms. The fourth-order valence-electron chi connectivity index (χ4n) is 1.18. The highest BCUT2D eigenvalue weighted by Gasteiger charge is 2.38. The number of carbonyl (C=O) groups is 2. The van der Waals surface area contributed by atoms with Crippen LogP contribution < -0.4 is 0 Å². The molecule has 0 heterocycles. The number of carboxylic acids is 1. The lowest BCUT2D eigenvalue weighted by Crippen LogP contribution is -2.42. The first-order chi connectivity index (χ1) is 7.49. The standard InChI is InChI=1S/C11H12O5/c1-16-11(15,10(13)14)7-9(12)8-5-3-2-4-6-8/h2-6,15H,7H2,1H3,(H,13,14). The molecule has 0 aliphatic heterocycles. The van der Waals surface area contributed by atoms with Crippen LogP contribution in [0.25, 0.3) is 0 Å². The number of carboxylic acid groups (broad SMARTS) is 1. The molecule has 1 rings (SSSR count). The lowest BCUT2D eigenvalue weighted by molar-refractivity contribution is -0.212. The van der Waals surface area contributed by atoms with Gasteiger partial charge in [-0.3, -0.25) is 4.79 Å². The Bertz CT molecular complexity index is 387. The van der Waals surface area contributed by atoms with Crippen LogP contribution in [0.3, 0.4) is 0 Å². The maximum Gasteiger partial charge on any atom is 0.364 e. The number of aliphatic hydroxyl groups is 1. The second kappa shape index (κ2) is 4.87. The minimum Gasteiger partial charge on any atom is -0.477 e. The Labute approximate surface area is 92.3 Å². The van der Waals surface area contributed by atoms with Crippen LogP contribution in [0.1, 0.15) is 16.8 Å². The number of hydrogen-bond acceptors (Lipinski definition) is 4. The molecular formula is C11H12O5. The van der Waals surface area contributed by atoms with Crippen LogP contribution in [-0.4, -0.2) is 34.9 Å². The Morgan fingerprint density at radius 3 is 2.31 bits per heavy atom.